The van der Waals surface area contributed by atoms with Crippen molar-refractivity contribution in [2.24, 2.45) is 5.92 Å². The lowest BCUT2D eigenvalue weighted by Gasteiger charge is -2.29. The van der Waals surface area contributed by atoms with E-state index in [1.165, 1.54) is 28.7 Å². The minimum absolute atomic E-state index is 0.308. The van der Waals surface area contributed by atoms with Gasteiger partial charge in [0.1, 0.15) is 0 Å². The minimum Gasteiger partial charge on any atom is -0.376 e. The molecule has 0 saturated carbocycles. The summed E-state index contributed by atoms with van der Waals surface area (Å²) >= 11 is 0. The summed E-state index contributed by atoms with van der Waals surface area (Å²) in [6.07, 6.45) is 2.64. The second kappa shape index (κ2) is 6.73. The number of aryl methyl sites for hydroxylation is 3. The summed E-state index contributed by atoms with van der Waals surface area (Å²) in [5.41, 5.74) is 5.55. The molecule has 1 aromatic rings. The van der Waals surface area contributed by atoms with Crippen LogP contribution in [0.4, 0.5) is 0 Å². The Hall–Kier alpha value is -0.860. The van der Waals surface area contributed by atoms with Crippen LogP contribution in [0.25, 0.3) is 0 Å². The van der Waals surface area contributed by atoms with Gasteiger partial charge in [0.05, 0.1) is 12.1 Å². The predicted molar refractivity (Wildman–Crippen MR) is 85.2 cm³/mol. The van der Waals surface area contributed by atoms with Crippen LogP contribution in [0.2, 0.25) is 0 Å². The van der Waals surface area contributed by atoms with Crippen LogP contribution in [0.5, 0.6) is 0 Å². The van der Waals surface area contributed by atoms with Crippen molar-refractivity contribution in [2.75, 3.05) is 13.2 Å². The van der Waals surface area contributed by atoms with Crippen molar-refractivity contribution in [3.8, 4) is 0 Å². The summed E-state index contributed by atoms with van der Waals surface area (Å²) in [6.45, 7) is 13.1. The van der Waals surface area contributed by atoms with Crippen molar-refractivity contribution in [3.05, 3.63) is 34.4 Å². The molecule has 20 heavy (non-hydrogen) atoms. The van der Waals surface area contributed by atoms with E-state index in [1.54, 1.807) is 0 Å². The maximum Gasteiger partial charge on any atom is 0.0796 e. The van der Waals surface area contributed by atoms with Crippen molar-refractivity contribution in [1.29, 1.82) is 0 Å². The standard InChI is InChI=1S/C18H29NO/c1-6-8-19-17(18-12(2)7-9-20-18)16-11-14(4)13(3)10-15(16)5/h10-12,17-19H,6-9H2,1-5H3. The Balaban J connectivity index is 2.32. The average Bonchev–Trinajstić information content (AvgIpc) is 2.82. The normalized spacial score (nSPS) is 24.1. The van der Waals surface area contributed by atoms with E-state index in [1.807, 2.05) is 0 Å². The summed E-state index contributed by atoms with van der Waals surface area (Å²) < 4.78 is 6.04. The first-order valence-electron chi connectivity index (χ1n) is 7.97. The Morgan fingerprint density at radius 1 is 1.20 bits per heavy atom. The van der Waals surface area contributed by atoms with Crippen molar-refractivity contribution in [1.82, 2.24) is 5.32 Å². The highest BCUT2D eigenvalue weighted by Crippen LogP contribution is 2.33. The average molecular weight is 275 g/mol. The van der Waals surface area contributed by atoms with Crippen molar-refractivity contribution >= 4 is 0 Å². The van der Waals surface area contributed by atoms with Crippen molar-refractivity contribution in [3.63, 3.8) is 0 Å². The minimum atomic E-state index is 0.308. The van der Waals surface area contributed by atoms with Crippen LogP contribution >= 0.6 is 0 Å². The van der Waals surface area contributed by atoms with Gasteiger partial charge in [0.25, 0.3) is 0 Å². The maximum atomic E-state index is 6.04. The molecule has 0 aromatic heterocycles. The van der Waals surface area contributed by atoms with Gasteiger partial charge in [-0.3, -0.25) is 0 Å². The van der Waals surface area contributed by atoms with Crippen molar-refractivity contribution < 1.29 is 4.74 Å². The van der Waals surface area contributed by atoms with E-state index in [9.17, 15) is 0 Å². The highest BCUT2D eigenvalue weighted by atomic mass is 16.5. The quantitative estimate of drug-likeness (QED) is 0.874. The fourth-order valence-electron chi connectivity index (χ4n) is 3.16. The molecule has 0 spiro atoms. The van der Waals surface area contributed by atoms with Gasteiger partial charge in [-0.2, -0.15) is 0 Å². The Morgan fingerprint density at radius 2 is 1.90 bits per heavy atom. The molecule has 3 unspecified atom stereocenters. The van der Waals surface area contributed by atoms with E-state index in [0.717, 1.165) is 19.6 Å². The third-order valence-corrected chi connectivity index (χ3v) is 4.60. The van der Waals surface area contributed by atoms with E-state index in [2.05, 4.69) is 52.1 Å². The Labute approximate surface area is 123 Å². The first-order chi connectivity index (χ1) is 9.54. The summed E-state index contributed by atoms with van der Waals surface area (Å²) in [6, 6.07) is 4.99. The molecule has 1 N–H and O–H groups in total. The molecule has 3 atom stereocenters. The van der Waals surface area contributed by atoms with E-state index < -0.39 is 0 Å². The van der Waals surface area contributed by atoms with Gasteiger partial charge in [0.15, 0.2) is 0 Å². The molecule has 1 saturated heterocycles. The van der Waals surface area contributed by atoms with Gasteiger partial charge in [-0.15, -0.1) is 0 Å². The van der Waals surface area contributed by atoms with E-state index in [4.69, 9.17) is 4.74 Å². The lowest BCUT2D eigenvalue weighted by atomic mass is 9.88. The second-order valence-corrected chi connectivity index (χ2v) is 6.33. The Bertz CT molecular complexity index is 455. The zero-order valence-corrected chi connectivity index (χ0v) is 13.6. The smallest absolute Gasteiger partial charge is 0.0796 e. The number of hydrogen-bond acceptors (Lipinski definition) is 2. The highest BCUT2D eigenvalue weighted by Gasteiger charge is 2.33. The SMILES string of the molecule is CCCNC(c1cc(C)c(C)cc1C)C1OCCC1C. The van der Waals surface area contributed by atoms with Crippen LogP contribution in [-0.4, -0.2) is 19.3 Å². The summed E-state index contributed by atoms with van der Waals surface area (Å²) in [4.78, 5) is 0. The summed E-state index contributed by atoms with van der Waals surface area (Å²) in [5.74, 6) is 0.630. The fraction of sp³-hybridized carbons (Fsp3) is 0.667. The molecule has 2 heteroatoms. The molecule has 1 aromatic carbocycles. The summed E-state index contributed by atoms with van der Waals surface area (Å²) in [5, 5.41) is 3.72. The number of ether oxygens (including phenoxy) is 1. The van der Waals surface area contributed by atoms with Gasteiger partial charge < -0.3 is 10.1 Å². The van der Waals surface area contributed by atoms with Crippen LogP contribution in [0.1, 0.15) is 55.0 Å². The molecule has 2 nitrogen and oxygen atoms in total. The molecule has 0 aliphatic carbocycles. The molecule has 1 fully saturated rings. The van der Waals surface area contributed by atoms with Crippen LogP contribution in [0.3, 0.4) is 0 Å². The largest absolute Gasteiger partial charge is 0.376 e. The fourth-order valence-corrected chi connectivity index (χ4v) is 3.16. The molecular formula is C18H29NO. The predicted octanol–water partition coefficient (Wildman–Crippen LogP) is 4.08. The Morgan fingerprint density at radius 3 is 2.50 bits per heavy atom. The molecule has 0 amide bonds. The van der Waals surface area contributed by atoms with Crippen molar-refractivity contribution in [2.45, 2.75) is 59.6 Å². The van der Waals surface area contributed by atoms with E-state index in [-0.39, 0.29) is 0 Å². The molecule has 0 radical (unpaired) electrons. The van der Waals surface area contributed by atoms with Crippen LogP contribution in [-0.2, 0) is 4.74 Å². The van der Waals surface area contributed by atoms with Crippen LogP contribution in [0, 0.1) is 26.7 Å². The lowest BCUT2D eigenvalue weighted by molar-refractivity contribution is 0.0605. The van der Waals surface area contributed by atoms with Gasteiger partial charge in [-0.1, -0.05) is 26.0 Å². The third-order valence-electron chi connectivity index (χ3n) is 4.60. The van der Waals surface area contributed by atoms with Gasteiger partial charge in [-0.05, 0) is 68.3 Å². The number of benzene rings is 1. The van der Waals surface area contributed by atoms with Gasteiger partial charge >= 0.3 is 0 Å². The first-order valence-corrected chi connectivity index (χ1v) is 7.97. The molecule has 2 rings (SSSR count). The Kier molecular flexibility index (Phi) is 5.22. The second-order valence-electron chi connectivity index (χ2n) is 6.33. The molecule has 1 heterocycles. The van der Waals surface area contributed by atoms with Gasteiger partial charge in [0.2, 0.25) is 0 Å². The molecule has 1 aliphatic rings. The summed E-state index contributed by atoms with van der Waals surface area (Å²) in [7, 11) is 0. The highest BCUT2D eigenvalue weighted by molar-refractivity contribution is 5.39. The number of hydrogen-bond donors (Lipinski definition) is 1. The van der Waals surface area contributed by atoms with Crippen LogP contribution < -0.4 is 5.32 Å². The zero-order valence-electron chi connectivity index (χ0n) is 13.6. The monoisotopic (exact) mass is 275 g/mol. The molecule has 112 valence electrons. The lowest BCUT2D eigenvalue weighted by Crippen LogP contribution is -2.35. The van der Waals surface area contributed by atoms with E-state index >= 15 is 0 Å². The molecule has 1 aliphatic heterocycles. The zero-order chi connectivity index (χ0) is 14.7. The topological polar surface area (TPSA) is 21.3 Å². The van der Waals surface area contributed by atoms with E-state index in [0.29, 0.717) is 18.1 Å². The number of nitrogens with one attached hydrogen (secondary N) is 1. The third kappa shape index (κ3) is 3.24. The number of rotatable bonds is 5. The molecule has 0 bridgehead atoms. The van der Waals surface area contributed by atoms with Gasteiger partial charge in [0, 0.05) is 6.61 Å². The molecular weight excluding hydrogens is 246 g/mol. The maximum absolute atomic E-state index is 6.04. The first kappa shape index (κ1) is 15.5. The van der Waals surface area contributed by atoms with Crippen LogP contribution in [0.15, 0.2) is 12.1 Å². The van der Waals surface area contributed by atoms with Gasteiger partial charge in [-0.25, -0.2) is 0 Å².